The molecule has 0 bridgehead atoms. The van der Waals surface area contributed by atoms with E-state index in [0.717, 1.165) is 40.6 Å². The smallest absolute Gasteiger partial charge is 0.229 e. The number of aromatic nitrogens is 2. The number of anilines is 1. The van der Waals surface area contributed by atoms with Crippen LogP contribution in [0, 0.1) is 0 Å². The number of nitrogens with zero attached hydrogens (tertiary/aromatic N) is 1. The molecule has 0 unspecified atom stereocenters. The number of nitrogens with one attached hydrogen (secondary N) is 2. The summed E-state index contributed by atoms with van der Waals surface area (Å²) in [5, 5.41) is 12.6. The molecule has 1 amide bonds. The number of amides is 1. The second kappa shape index (κ2) is 8.26. The lowest BCUT2D eigenvalue weighted by molar-refractivity contribution is -0.115. The van der Waals surface area contributed by atoms with Crippen molar-refractivity contribution in [2.75, 3.05) is 12.4 Å². The lowest BCUT2D eigenvalue weighted by Crippen LogP contribution is -2.20. The van der Waals surface area contributed by atoms with E-state index in [2.05, 4.69) is 45.8 Å². The monoisotopic (exact) mass is 411 g/mol. The number of methoxy groups -OCH3 is 1. The Bertz CT molecular complexity index is 1200. The Morgan fingerprint density at radius 2 is 1.81 bits per heavy atom. The molecule has 5 nitrogen and oxygen atoms in total. The van der Waals surface area contributed by atoms with Gasteiger partial charge in [-0.25, -0.2) is 0 Å². The largest absolute Gasteiger partial charge is 0.497 e. The summed E-state index contributed by atoms with van der Waals surface area (Å²) in [5.41, 5.74) is 3.39. The van der Waals surface area contributed by atoms with E-state index in [0.29, 0.717) is 24.1 Å². The zero-order valence-electron chi connectivity index (χ0n) is 17.5. The highest BCUT2D eigenvalue weighted by atomic mass is 16.5. The van der Waals surface area contributed by atoms with Crippen molar-refractivity contribution >= 4 is 22.5 Å². The molecule has 3 aromatic carbocycles. The maximum Gasteiger partial charge on any atom is 0.229 e. The van der Waals surface area contributed by atoms with Crippen molar-refractivity contribution in [2.24, 2.45) is 0 Å². The minimum atomic E-state index is -0.0451. The van der Waals surface area contributed by atoms with Gasteiger partial charge in [0.2, 0.25) is 5.91 Å². The first-order valence-corrected chi connectivity index (χ1v) is 10.7. The van der Waals surface area contributed by atoms with E-state index in [4.69, 9.17) is 4.74 Å². The summed E-state index contributed by atoms with van der Waals surface area (Å²) in [6, 6.07) is 24.5. The Balaban J connectivity index is 1.19. The van der Waals surface area contributed by atoms with Crippen LogP contribution in [0.25, 0.3) is 10.8 Å². The zero-order chi connectivity index (χ0) is 21.2. The molecule has 5 heteroatoms. The van der Waals surface area contributed by atoms with Crippen LogP contribution in [0.4, 0.5) is 5.82 Å². The second-order valence-electron chi connectivity index (χ2n) is 8.21. The molecular formula is C26H25N3O2. The highest BCUT2D eigenvalue weighted by Gasteiger charge is 2.33. The van der Waals surface area contributed by atoms with Crippen molar-refractivity contribution in [3.63, 3.8) is 0 Å². The van der Waals surface area contributed by atoms with E-state index in [9.17, 15) is 4.79 Å². The molecule has 1 saturated carbocycles. The van der Waals surface area contributed by atoms with Crippen LogP contribution in [0.5, 0.6) is 5.75 Å². The lowest BCUT2D eigenvalue weighted by atomic mass is 9.70. The first-order valence-electron chi connectivity index (χ1n) is 10.7. The van der Waals surface area contributed by atoms with Gasteiger partial charge in [-0.15, -0.1) is 0 Å². The fraction of sp³-hybridized carbons (Fsp3) is 0.231. The van der Waals surface area contributed by atoms with Crippen LogP contribution in [0.2, 0.25) is 0 Å². The minimum absolute atomic E-state index is 0.0451. The quantitative estimate of drug-likeness (QED) is 0.446. The molecule has 0 spiro atoms. The fourth-order valence-electron chi connectivity index (χ4n) is 4.43. The van der Waals surface area contributed by atoms with E-state index in [1.165, 1.54) is 5.56 Å². The van der Waals surface area contributed by atoms with Crippen LogP contribution in [-0.2, 0) is 11.2 Å². The van der Waals surface area contributed by atoms with Crippen molar-refractivity contribution in [2.45, 2.75) is 31.1 Å². The number of ether oxygens (including phenoxy) is 1. The second-order valence-corrected chi connectivity index (χ2v) is 8.21. The van der Waals surface area contributed by atoms with Gasteiger partial charge in [-0.1, -0.05) is 54.6 Å². The molecule has 156 valence electrons. The normalized spacial score (nSPS) is 17.8. The third kappa shape index (κ3) is 4.04. The molecule has 1 aliphatic carbocycles. The standard InChI is InChI=1S/C26H25N3O2/c1-31-22-11-9-17(10-12-22)20-13-21(14-20)24-16-25(29-28-24)27-26(30)15-19-7-4-6-18-5-2-3-8-23(18)19/h2-12,16,20-21H,13-15H2,1H3,(H2,27,28,29,30)/t20-,21+. The molecule has 0 radical (unpaired) electrons. The summed E-state index contributed by atoms with van der Waals surface area (Å²) in [5.74, 6) is 2.48. The van der Waals surface area contributed by atoms with Gasteiger partial charge in [0.25, 0.3) is 0 Å². The predicted molar refractivity (Wildman–Crippen MR) is 123 cm³/mol. The molecule has 1 aliphatic rings. The Morgan fingerprint density at radius 1 is 1.03 bits per heavy atom. The molecule has 5 rings (SSSR count). The van der Waals surface area contributed by atoms with Crippen LogP contribution >= 0.6 is 0 Å². The molecule has 1 heterocycles. The maximum atomic E-state index is 12.6. The third-order valence-electron chi connectivity index (χ3n) is 6.25. The van der Waals surface area contributed by atoms with Gasteiger partial charge in [-0.3, -0.25) is 9.89 Å². The van der Waals surface area contributed by atoms with Gasteiger partial charge in [0.1, 0.15) is 11.6 Å². The first-order chi connectivity index (χ1) is 15.2. The number of rotatable bonds is 6. The number of fused-ring (bicyclic) bond motifs is 1. The summed E-state index contributed by atoms with van der Waals surface area (Å²) in [6.07, 6.45) is 2.47. The van der Waals surface area contributed by atoms with Crippen molar-refractivity contribution in [3.05, 3.63) is 89.6 Å². The SMILES string of the molecule is COc1ccc([C@H]2C[C@@H](c3cc(NC(=O)Cc4cccc5ccccc45)[nH]n3)C2)cc1. The molecule has 2 N–H and O–H groups in total. The number of benzene rings is 3. The minimum Gasteiger partial charge on any atom is -0.497 e. The third-order valence-corrected chi connectivity index (χ3v) is 6.25. The fourth-order valence-corrected chi connectivity index (χ4v) is 4.43. The van der Waals surface area contributed by atoms with E-state index < -0.39 is 0 Å². The molecular weight excluding hydrogens is 386 g/mol. The highest BCUT2D eigenvalue weighted by Crippen LogP contribution is 2.47. The number of hydrogen-bond donors (Lipinski definition) is 2. The molecule has 0 aliphatic heterocycles. The van der Waals surface area contributed by atoms with Crippen LogP contribution in [0.1, 0.15) is 41.5 Å². The Hall–Kier alpha value is -3.60. The number of carbonyl (C=O) groups is 1. The molecule has 31 heavy (non-hydrogen) atoms. The van der Waals surface area contributed by atoms with Crippen LogP contribution in [0.3, 0.4) is 0 Å². The summed E-state index contributed by atoms with van der Waals surface area (Å²) < 4.78 is 5.24. The topological polar surface area (TPSA) is 67.0 Å². The predicted octanol–water partition coefficient (Wildman–Crippen LogP) is 5.41. The average molecular weight is 412 g/mol. The average Bonchev–Trinajstić information content (AvgIpc) is 3.21. The van der Waals surface area contributed by atoms with E-state index in [1.807, 2.05) is 42.5 Å². The van der Waals surface area contributed by atoms with Gasteiger partial charge >= 0.3 is 0 Å². The van der Waals surface area contributed by atoms with E-state index in [-0.39, 0.29) is 5.91 Å². The summed E-state index contributed by atoms with van der Waals surface area (Å²) >= 11 is 0. The molecule has 1 aromatic heterocycles. The van der Waals surface area contributed by atoms with Crippen molar-refractivity contribution < 1.29 is 9.53 Å². The maximum absolute atomic E-state index is 12.6. The number of hydrogen-bond acceptors (Lipinski definition) is 3. The van der Waals surface area contributed by atoms with E-state index in [1.54, 1.807) is 7.11 Å². The molecule has 0 atom stereocenters. The van der Waals surface area contributed by atoms with Gasteiger partial charge < -0.3 is 10.1 Å². The van der Waals surface area contributed by atoms with Gasteiger partial charge in [0, 0.05) is 12.0 Å². The van der Waals surface area contributed by atoms with Crippen LogP contribution in [0.15, 0.2) is 72.8 Å². The number of carbonyl (C=O) groups excluding carboxylic acids is 1. The Morgan fingerprint density at radius 3 is 2.61 bits per heavy atom. The lowest BCUT2D eigenvalue weighted by Gasteiger charge is -2.34. The zero-order valence-corrected chi connectivity index (χ0v) is 17.5. The van der Waals surface area contributed by atoms with Gasteiger partial charge in [-0.05, 0) is 52.8 Å². The Labute approximate surface area is 181 Å². The van der Waals surface area contributed by atoms with E-state index >= 15 is 0 Å². The number of aromatic amines is 1. The van der Waals surface area contributed by atoms with Gasteiger partial charge in [0.05, 0.1) is 19.2 Å². The van der Waals surface area contributed by atoms with Crippen molar-refractivity contribution in [1.29, 1.82) is 0 Å². The number of H-pyrrole nitrogens is 1. The van der Waals surface area contributed by atoms with Crippen molar-refractivity contribution in [3.8, 4) is 5.75 Å². The summed E-state index contributed by atoms with van der Waals surface area (Å²) in [4.78, 5) is 12.6. The van der Waals surface area contributed by atoms with Crippen molar-refractivity contribution in [1.82, 2.24) is 10.2 Å². The Kier molecular flexibility index (Phi) is 5.16. The highest BCUT2D eigenvalue weighted by molar-refractivity contribution is 5.95. The van der Waals surface area contributed by atoms with Crippen LogP contribution in [-0.4, -0.2) is 23.2 Å². The molecule has 4 aromatic rings. The first kappa shape index (κ1) is 19.4. The summed E-state index contributed by atoms with van der Waals surface area (Å²) in [6.45, 7) is 0. The van der Waals surface area contributed by atoms with Gasteiger partial charge in [0.15, 0.2) is 0 Å². The van der Waals surface area contributed by atoms with Crippen LogP contribution < -0.4 is 10.1 Å². The molecule has 0 saturated heterocycles. The molecule has 1 fully saturated rings. The summed E-state index contributed by atoms with van der Waals surface area (Å²) in [7, 11) is 1.68. The van der Waals surface area contributed by atoms with Gasteiger partial charge in [-0.2, -0.15) is 5.10 Å².